The van der Waals surface area contributed by atoms with Crippen molar-refractivity contribution in [2.24, 2.45) is 0 Å². The quantitative estimate of drug-likeness (QED) is 0.771. The van der Waals surface area contributed by atoms with E-state index in [0.29, 0.717) is 6.04 Å². The molecule has 0 atom stereocenters. The molecule has 3 heteroatoms. The van der Waals surface area contributed by atoms with Gasteiger partial charge in [0.2, 0.25) is 0 Å². The van der Waals surface area contributed by atoms with Gasteiger partial charge in [0.25, 0.3) is 0 Å². The van der Waals surface area contributed by atoms with Gasteiger partial charge in [-0.15, -0.1) is 0 Å². The minimum atomic E-state index is -0.132. The Balaban J connectivity index is 2.99. The predicted octanol–water partition coefficient (Wildman–Crippen LogP) is 3.66. The van der Waals surface area contributed by atoms with Crippen molar-refractivity contribution in [1.82, 2.24) is 5.06 Å². The maximum atomic E-state index is 10.4. The Morgan fingerprint density at radius 1 is 1.00 bits per heavy atom. The maximum Gasteiger partial charge on any atom is 0.0925 e. The van der Waals surface area contributed by atoms with Crippen LogP contribution in [0.25, 0.3) is 0 Å². The summed E-state index contributed by atoms with van der Waals surface area (Å²) in [4.78, 5) is 0. The second kappa shape index (κ2) is 5.71. The third-order valence-corrected chi connectivity index (χ3v) is 4.97. The zero-order valence-electron chi connectivity index (χ0n) is 14.2. The Labute approximate surface area is 120 Å². The first-order valence-corrected chi connectivity index (χ1v) is 7.92. The molecule has 0 spiro atoms. The highest BCUT2D eigenvalue weighted by atomic mass is 16.5. The molecule has 1 aliphatic rings. The van der Waals surface area contributed by atoms with Crippen molar-refractivity contribution in [3.05, 3.63) is 0 Å². The third-order valence-electron chi connectivity index (χ3n) is 4.97. The van der Waals surface area contributed by atoms with E-state index in [0.717, 1.165) is 17.3 Å². The molecule has 0 aromatic rings. The van der Waals surface area contributed by atoms with E-state index in [-0.39, 0.29) is 11.1 Å². The summed E-state index contributed by atoms with van der Waals surface area (Å²) in [5.41, 5.74) is -0.263. The van der Waals surface area contributed by atoms with Crippen LogP contribution in [-0.4, -0.2) is 52.0 Å². The monoisotopic (exact) mass is 271 g/mol. The molecule has 1 N–H and O–H groups in total. The first-order valence-electron chi connectivity index (χ1n) is 7.92. The summed E-state index contributed by atoms with van der Waals surface area (Å²) in [5, 5.41) is 12.0. The minimum absolute atomic E-state index is 0.132. The molecule has 0 bridgehead atoms. The van der Waals surface area contributed by atoms with Gasteiger partial charge < -0.3 is 9.69 Å². The molecule has 3 nitrogen and oxygen atoms in total. The largest absolute Gasteiger partial charge is 0.324 e. The molecule has 1 rings (SSSR count). The molecular weight excluding hydrogens is 236 g/mol. The zero-order chi connectivity index (χ0) is 14.9. The van der Waals surface area contributed by atoms with Gasteiger partial charge >= 0.3 is 0 Å². The number of hydrogen-bond donors (Lipinski definition) is 1. The Kier molecular flexibility index (Phi) is 5.09. The van der Waals surface area contributed by atoms with Crippen LogP contribution >= 0.6 is 0 Å². The van der Waals surface area contributed by atoms with Crippen LogP contribution in [0.4, 0.5) is 0 Å². The fraction of sp³-hybridized carbons (Fsp3) is 1.00. The topological polar surface area (TPSA) is 23.5 Å². The number of quaternary nitrogens is 1. The smallest absolute Gasteiger partial charge is 0.0925 e. The van der Waals surface area contributed by atoms with E-state index in [1.165, 1.54) is 25.9 Å². The Morgan fingerprint density at radius 3 is 1.68 bits per heavy atom. The van der Waals surface area contributed by atoms with Gasteiger partial charge in [-0.1, -0.05) is 13.8 Å². The van der Waals surface area contributed by atoms with Crippen molar-refractivity contribution in [3.8, 4) is 0 Å². The molecule has 0 aromatic heterocycles. The Bertz CT molecular complexity index is 275. The summed E-state index contributed by atoms with van der Waals surface area (Å²) in [6.45, 7) is 15.7. The van der Waals surface area contributed by atoms with E-state index >= 15 is 0 Å². The van der Waals surface area contributed by atoms with Crippen LogP contribution in [0.3, 0.4) is 0 Å². The molecule has 114 valence electrons. The molecule has 19 heavy (non-hydrogen) atoms. The van der Waals surface area contributed by atoms with E-state index in [2.05, 4.69) is 48.6 Å². The lowest BCUT2D eigenvalue weighted by Gasteiger charge is -2.55. The lowest BCUT2D eigenvalue weighted by atomic mass is 9.77. The van der Waals surface area contributed by atoms with Gasteiger partial charge in [0, 0.05) is 23.9 Å². The van der Waals surface area contributed by atoms with Crippen molar-refractivity contribution in [2.75, 3.05) is 20.1 Å². The first kappa shape index (κ1) is 16.9. The van der Waals surface area contributed by atoms with Crippen LogP contribution in [-0.2, 0) is 0 Å². The van der Waals surface area contributed by atoms with Crippen LogP contribution in [0.2, 0.25) is 0 Å². The summed E-state index contributed by atoms with van der Waals surface area (Å²) in [7, 11) is 2.41. The van der Waals surface area contributed by atoms with Crippen LogP contribution in [0.1, 0.15) is 67.2 Å². The standard InChI is InChI=1S/C16H35N2O/c1-8-10-18(7,11-9-2)14-12-15(3,4)17(19)16(5,6)13-14/h14,19H,8-13H2,1-7H3/q+1. The van der Waals surface area contributed by atoms with Crippen LogP contribution in [0.15, 0.2) is 0 Å². The lowest BCUT2D eigenvalue weighted by molar-refractivity contribution is -0.936. The SMILES string of the molecule is CCC[N+](C)(CCC)C1CC(C)(C)N(O)C(C)(C)C1. The van der Waals surface area contributed by atoms with Crippen molar-refractivity contribution < 1.29 is 9.69 Å². The average Bonchev–Trinajstić information content (AvgIpc) is 2.25. The van der Waals surface area contributed by atoms with E-state index in [1.807, 2.05) is 0 Å². The average molecular weight is 271 g/mol. The minimum Gasteiger partial charge on any atom is -0.324 e. The second-order valence-electron chi connectivity index (χ2n) is 7.93. The molecule has 0 unspecified atom stereocenters. The lowest BCUT2D eigenvalue weighted by Crippen LogP contribution is -2.67. The summed E-state index contributed by atoms with van der Waals surface area (Å²) >= 11 is 0. The summed E-state index contributed by atoms with van der Waals surface area (Å²) in [6.07, 6.45) is 4.61. The second-order valence-corrected chi connectivity index (χ2v) is 7.93. The normalized spacial score (nSPS) is 24.6. The summed E-state index contributed by atoms with van der Waals surface area (Å²) < 4.78 is 1.16. The Hall–Kier alpha value is -0.120. The number of rotatable bonds is 5. The van der Waals surface area contributed by atoms with Gasteiger partial charge in [0.15, 0.2) is 0 Å². The highest BCUT2D eigenvalue weighted by Crippen LogP contribution is 2.40. The van der Waals surface area contributed by atoms with Crippen molar-refractivity contribution in [3.63, 3.8) is 0 Å². The molecule has 1 fully saturated rings. The van der Waals surface area contributed by atoms with Crippen LogP contribution in [0, 0.1) is 0 Å². The third kappa shape index (κ3) is 3.50. The van der Waals surface area contributed by atoms with E-state index < -0.39 is 0 Å². The number of piperidine rings is 1. The summed E-state index contributed by atoms with van der Waals surface area (Å²) in [5.74, 6) is 0. The Morgan fingerprint density at radius 2 is 1.37 bits per heavy atom. The van der Waals surface area contributed by atoms with E-state index in [4.69, 9.17) is 0 Å². The highest BCUT2D eigenvalue weighted by Gasteiger charge is 2.50. The summed E-state index contributed by atoms with van der Waals surface area (Å²) in [6, 6.07) is 0.647. The molecule has 0 aromatic carbocycles. The molecule has 0 aliphatic carbocycles. The van der Waals surface area contributed by atoms with Gasteiger partial charge in [0.05, 0.1) is 26.2 Å². The van der Waals surface area contributed by atoms with E-state index in [9.17, 15) is 5.21 Å². The number of nitrogens with zero attached hydrogens (tertiary/aromatic N) is 2. The van der Waals surface area contributed by atoms with Crippen molar-refractivity contribution in [2.45, 2.75) is 84.3 Å². The maximum absolute atomic E-state index is 10.4. The van der Waals surface area contributed by atoms with Crippen LogP contribution < -0.4 is 0 Å². The van der Waals surface area contributed by atoms with Crippen molar-refractivity contribution >= 4 is 0 Å². The van der Waals surface area contributed by atoms with E-state index in [1.54, 1.807) is 5.06 Å². The number of hydrogen-bond acceptors (Lipinski definition) is 2. The molecule has 0 radical (unpaired) electrons. The molecule has 1 heterocycles. The number of hydroxylamine groups is 2. The highest BCUT2D eigenvalue weighted by molar-refractivity contribution is 4.96. The molecule has 0 saturated carbocycles. The van der Waals surface area contributed by atoms with Gasteiger partial charge in [0.1, 0.15) is 0 Å². The van der Waals surface area contributed by atoms with Gasteiger partial charge in [-0.05, 0) is 40.5 Å². The van der Waals surface area contributed by atoms with Gasteiger partial charge in [-0.25, -0.2) is 0 Å². The van der Waals surface area contributed by atoms with Crippen LogP contribution in [0.5, 0.6) is 0 Å². The predicted molar refractivity (Wildman–Crippen MR) is 81.3 cm³/mol. The molecule has 0 amide bonds. The zero-order valence-corrected chi connectivity index (χ0v) is 14.2. The van der Waals surface area contributed by atoms with Gasteiger partial charge in [-0.3, -0.25) is 0 Å². The fourth-order valence-corrected chi connectivity index (χ4v) is 4.16. The van der Waals surface area contributed by atoms with Crippen molar-refractivity contribution in [1.29, 1.82) is 0 Å². The molecule has 1 saturated heterocycles. The van der Waals surface area contributed by atoms with Gasteiger partial charge in [-0.2, -0.15) is 5.06 Å². The molecular formula is C16H35N2O+. The first-order chi connectivity index (χ1) is 8.59. The molecule has 1 aliphatic heterocycles. The fourth-order valence-electron chi connectivity index (χ4n) is 4.16.